The van der Waals surface area contributed by atoms with Crippen LogP contribution in [0.3, 0.4) is 0 Å². The van der Waals surface area contributed by atoms with Crippen molar-refractivity contribution in [1.29, 1.82) is 0 Å². The van der Waals surface area contributed by atoms with Crippen molar-refractivity contribution >= 4 is 10.0 Å². The molecule has 0 aromatic carbocycles. The number of rotatable bonds is 8. The van der Waals surface area contributed by atoms with E-state index in [9.17, 15) is 8.42 Å². The van der Waals surface area contributed by atoms with Gasteiger partial charge in [0.2, 0.25) is 10.0 Å². The van der Waals surface area contributed by atoms with Gasteiger partial charge in [0.05, 0.1) is 12.7 Å². The number of likely N-dealkylation sites (N-methyl/N-ethyl adjacent to an activating group) is 1. The molecule has 1 aliphatic carbocycles. The maximum atomic E-state index is 12.1. The van der Waals surface area contributed by atoms with Crippen molar-refractivity contribution in [3.8, 4) is 0 Å². The summed E-state index contributed by atoms with van der Waals surface area (Å²) in [5.41, 5.74) is 0.161. The molecule has 108 valence electrons. The van der Waals surface area contributed by atoms with Crippen LogP contribution in [0.1, 0.15) is 26.7 Å². The lowest BCUT2D eigenvalue weighted by atomic mass is 10.2. The van der Waals surface area contributed by atoms with E-state index >= 15 is 0 Å². The predicted molar refractivity (Wildman–Crippen MR) is 73.3 cm³/mol. The molecule has 0 radical (unpaired) electrons. The average Bonchev–Trinajstić information content (AvgIpc) is 2.91. The standard InChI is InChI=1S/C12H22N4O2S/c1-3-13-6-7-16-9-11(8-14-16)19(17,18)15-10-12(2)4-5-12/h8-9,13,15H,3-7,10H2,1-2H3. The Bertz CT molecular complexity index is 520. The second-order valence-electron chi connectivity index (χ2n) is 5.43. The summed E-state index contributed by atoms with van der Waals surface area (Å²) < 4.78 is 28.5. The number of hydrogen-bond acceptors (Lipinski definition) is 4. The zero-order chi connectivity index (χ0) is 13.9. The fourth-order valence-electron chi connectivity index (χ4n) is 1.72. The van der Waals surface area contributed by atoms with E-state index in [-0.39, 0.29) is 10.3 Å². The molecule has 0 bridgehead atoms. The minimum absolute atomic E-state index is 0.161. The van der Waals surface area contributed by atoms with Crippen LogP contribution in [0.4, 0.5) is 0 Å². The first-order valence-corrected chi connectivity index (χ1v) is 8.16. The van der Waals surface area contributed by atoms with E-state index in [1.54, 1.807) is 10.9 Å². The molecular weight excluding hydrogens is 264 g/mol. The summed E-state index contributed by atoms with van der Waals surface area (Å²) in [6.07, 6.45) is 5.17. The molecule has 1 aromatic heterocycles. The Kier molecular flexibility index (Phi) is 4.27. The maximum absolute atomic E-state index is 12.1. The Morgan fingerprint density at radius 3 is 2.84 bits per heavy atom. The normalized spacial score (nSPS) is 17.6. The van der Waals surface area contributed by atoms with Crippen LogP contribution in [0.2, 0.25) is 0 Å². The number of hydrogen-bond donors (Lipinski definition) is 2. The van der Waals surface area contributed by atoms with Gasteiger partial charge in [0.1, 0.15) is 4.90 Å². The van der Waals surface area contributed by atoms with Crippen LogP contribution in [0, 0.1) is 5.41 Å². The molecule has 0 spiro atoms. The van der Waals surface area contributed by atoms with Gasteiger partial charge in [-0.3, -0.25) is 4.68 Å². The van der Waals surface area contributed by atoms with Crippen molar-refractivity contribution < 1.29 is 8.42 Å². The second kappa shape index (κ2) is 5.60. The van der Waals surface area contributed by atoms with Gasteiger partial charge in [-0.15, -0.1) is 0 Å². The quantitative estimate of drug-likeness (QED) is 0.685. The molecule has 0 aliphatic heterocycles. The van der Waals surface area contributed by atoms with Crippen LogP contribution in [0.15, 0.2) is 17.3 Å². The van der Waals surface area contributed by atoms with Crippen molar-refractivity contribution in [2.75, 3.05) is 19.6 Å². The number of nitrogens with zero attached hydrogens (tertiary/aromatic N) is 2. The van der Waals surface area contributed by atoms with Gasteiger partial charge in [-0.1, -0.05) is 13.8 Å². The summed E-state index contributed by atoms with van der Waals surface area (Å²) in [5, 5.41) is 7.24. The first-order chi connectivity index (χ1) is 8.95. The summed E-state index contributed by atoms with van der Waals surface area (Å²) in [7, 11) is -3.42. The van der Waals surface area contributed by atoms with Gasteiger partial charge in [0, 0.05) is 19.3 Å². The molecule has 1 saturated carbocycles. The topological polar surface area (TPSA) is 76.0 Å². The average molecular weight is 286 g/mol. The van der Waals surface area contributed by atoms with Crippen LogP contribution < -0.4 is 10.0 Å². The van der Waals surface area contributed by atoms with Gasteiger partial charge in [-0.25, -0.2) is 13.1 Å². The molecule has 1 aromatic rings. The van der Waals surface area contributed by atoms with E-state index < -0.39 is 10.0 Å². The SMILES string of the molecule is CCNCCn1cc(S(=O)(=O)NCC2(C)CC2)cn1. The van der Waals surface area contributed by atoms with E-state index in [1.165, 1.54) is 6.20 Å². The minimum atomic E-state index is -3.42. The molecule has 6 nitrogen and oxygen atoms in total. The molecule has 19 heavy (non-hydrogen) atoms. The zero-order valence-electron chi connectivity index (χ0n) is 11.5. The molecule has 0 amide bonds. The summed E-state index contributed by atoms with van der Waals surface area (Å²) in [5.74, 6) is 0. The monoisotopic (exact) mass is 286 g/mol. The first-order valence-electron chi connectivity index (χ1n) is 6.68. The largest absolute Gasteiger partial charge is 0.315 e. The molecule has 1 heterocycles. The predicted octanol–water partition coefficient (Wildman–Crippen LogP) is 0.571. The highest BCUT2D eigenvalue weighted by Gasteiger charge is 2.38. The van der Waals surface area contributed by atoms with Crippen LogP contribution in [0.5, 0.6) is 0 Å². The minimum Gasteiger partial charge on any atom is -0.315 e. The summed E-state index contributed by atoms with van der Waals surface area (Å²) in [6, 6.07) is 0. The smallest absolute Gasteiger partial charge is 0.243 e. The summed E-state index contributed by atoms with van der Waals surface area (Å²) in [6.45, 7) is 6.98. The lowest BCUT2D eigenvalue weighted by Crippen LogP contribution is -2.29. The molecule has 2 N–H and O–H groups in total. The lowest BCUT2D eigenvalue weighted by Gasteiger charge is -2.09. The molecule has 7 heteroatoms. The zero-order valence-corrected chi connectivity index (χ0v) is 12.3. The Balaban J connectivity index is 1.92. The second-order valence-corrected chi connectivity index (χ2v) is 7.19. The Hall–Kier alpha value is -0.920. The van der Waals surface area contributed by atoms with Crippen molar-refractivity contribution in [2.24, 2.45) is 5.41 Å². The Labute approximate surface area is 114 Å². The number of sulfonamides is 1. The van der Waals surface area contributed by atoms with Crippen LogP contribution >= 0.6 is 0 Å². The first kappa shape index (κ1) is 14.5. The third-order valence-electron chi connectivity index (χ3n) is 3.48. The molecule has 1 fully saturated rings. The molecule has 0 atom stereocenters. The van der Waals surface area contributed by atoms with E-state index in [0.717, 1.165) is 25.9 Å². The van der Waals surface area contributed by atoms with Gasteiger partial charge in [0.15, 0.2) is 0 Å². The fraction of sp³-hybridized carbons (Fsp3) is 0.750. The van der Waals surface area contributed by atoms with E-state index in [0.29, 0.717) is 13.1 Å². The van der Waals surface area contributed by atoms with Crippen molar-refractivity contribution in [3.05, 3.63) is 12.4 Å². The van der Waals surface area contributed by atoms with Gasteiger partial charge < -0.3 is 5.32 Å². The molecule has 0 unspecified atom stereocenters. The van der Waals surface area contributed by atoms with E-state index in [1.807, 2.05) is 6.92 Å². The highest BCUT2D eigenvalue weighted by molar-refractivity contribution is 7.89. The fourth-order valence-corrected chi connectivity index (χ4v) is 2.87. The third kappa shape index (κ3) is 4.02. The summed E-state index contributed by atoms with van der Waals surface area (Å²) >= 11 is 0. The third-order valence-corrected chi connectivity index (χ3v) is 4.84. The van der Waals surface area contributed by atoms with Gasteiger partial charge in [0.25, 0.3) is 0 Å². The molecular formula is C12H22N4O2S. The van der Waals surface area contributed by atoms with E-state index in [2.05, 4.69) is 22.1 Å². The van der Waals surface area contributed by atoms with Crippen molar-refractivity contribution in [1.82, 2.24) is 19.8 Å². The molecule has 2 rings (SSSR count). The van der Waals surface area contributed by atoms with Crippen LogP contribution in [-0.2, 0) is 16.6 Å². The maximum Gasteiger partial charge on any atom is 0.243 e. The summed E-state index contributed by atoms with van der Waals surface area (Å²) in [4.78, 5) is 0.244. The highest BCUT2D eigenvalue weighted by Crippen LogP contribution is 2.44. The Morgan fingerprint density at radius 1 is 1.47 bits per heavy atom. The van der Waals surface area contributed by atoms with E-state index in [4.69, 9.17) is 0 Å². The lowest BCUT2D eigenvalue weighted by molar-refractivity contribution is 0.530. The number of nitrogens with one attached hydrogen (secondary N) is 2. The molecule has 0 saturated heterocycles. The van der Waals surface area contributed by atoms with Crippen molar-refractivity contribution in [3.63, 3.8) is 0 Å². The number of aromatic nitrogens is 2. The molecule has 1 aliphatic rings. The van der Waals surface area contributed by atoms with Gasteiger partial charge >= 0.3 is 0 Å². The van der Waals surface area contributed by atoms with Gasteiger partial charge in [-0.2, -0.15) is 5.10 Å². The van der Waals surface area contributed by atoms with Crippen LogP contribution in [-0.4, -0.2) is 37.8 Å². The van der Waals surface area contributed by atoms with Crippen molar-refractivity contribution in [2.45, 2.75) is 38.1 Å². The van der Waals surface area contributed by atoms with Crippen LogP contribution in [0.25, 0.3) is 0 Å². The highest BCUT2D eigenvalue weighted by atomic mass is 32.2. The Morgan fingerprint density at radius 2 is 2.21 bits per heavy atom. The van der Waals surface area contributed by atoms with Gasteiger partial charge in [-0.05, 0) is 24.8 Å².